The standard InChI is InChI=1S/C29H37ClN2O4/c1-20-6-4-7-23(14-20)28(35)32-11-5-10-29(18-32,17-26(34)31-12-8-24(33)9-13-31)19-36-25-15-21(2)27(30)22(3)16-25/h4,6-7,14-16,24,33H,5,8-13,17-19H2,1-3H3/t29-/m0/s1. The third-order valence-corrected chi connectivity index (χ3v) is 8.11. The van der Waals surface area contributed by atoms with Gasteiger partial charge < -0.3 is 19.6 Å². The summed E-state index contributed by atoms with van der Waals surface area (Å²) in [6.45, 7) is 8.50. The van der Waals surface area contributed by atoms with Crippen LogP contribution < -0.4 is 4.74 Å². The Bertz CT molecular complexity index is 1090. The van der Waals surface area contributed by atoms with E-state index in [1.807, 2.05) is 67.0 Å². The first kappa shape index (κ1) is 26.5. The zero-order valence-corrected chi connectivity index (χ0v) is 22.3. The monoisotopic (exact) mass is 512 g/mol. The summed E-state index contributed by atoms with van der Waals surface area (Å²) in [5, 5.41) is 10.6. The summed E-state index contributed by atoms with van der Waals surface area (Å²) in [7, 11) is 0. The first-order valence-corrected chi connectivity index (χ1v) is 13.2. The molecule has 1 atom stereocenters. The van der Waals surface area contributed by atoms with Crippen molar-refractivity contribution in [2.45, 2.75) is 59.0 Å². The Morgan fingerprint density at radius 1 is 1.06 bits per heavy atom. The zero-order valence-electron chi connectivity index (χ0n) is 21.6. The summed E-state index contributed by atoms with van der Waals surface area (Å²) < 4.78 is 6.32. The predicted molar refractivity (Wildman–Crippen MR) is 142 cm³/mol. The lowest BCUT2D eigenvalue weighted by Gasteiger charge is -2.43. The van der Waals surface area contributed by atoms with Crippen LogP contribution in [0.2, 0.25) is 5.02 Å². The van der Waals surface area contributed by atoms with Gasteiger partial charge in [-0.15, -0.1) is 0 Å². The van der Waals surface area contributed by atoms with Crippen molar-refractivity contribution in [2.75, 3.05) is 32.8 Å². The number of hydrogen-bond donors (Lipinski definition) is 1. The van der Waals surface area contributed by atoms with E-state index in [1.165, 1.54) is 0 Å². The fraction of sp³-hybridized carbons (Fsp3) is 0.517. The Hall–Kier alpha value is -2.57. The molecular weight excluding hydrogens is 476 g/mol. The summed E-state index contributed by atoms with van der Waals surface area (Å²) in [6.07, 6.45) is 2.81. The van der Waals surface area contributed by atoms with Gasteiger partial charge >= 0.3 is 0 Å². The molecule has 0 aromatic heterocycles. The van der Waals surface area contributed by atoms with Gasteiger partial charge in [-0.05, 0) is 81.8 Å². The first-order valence-electron chi connectivity index (χ1n) is 12.9. The molecule has 2 fully saturated rings. The highest BCUT2D eigenvalue weighted by molar-refractivity contribution is 6.32. The van der Waals surface area contributed by atoms with Crippen molar-refractivity contribution >= 4 is 23.4 Å². The van der Waals surface area contributed by atoms with Crippen LogP contribution in [0, 0.1) is 26.2 Å². The Kier molecular flexibility index (Phi) is 8.26. The van der Waals surface area contributed by atoms with E-state index in [-0.39, 0.29) is 17.9 Å². The molecule has 0 aliphatic carbocycles. The molecule has 2 amide bonds. The minimum Gasteiger partial charge on any atom is -0.493 e. The summed E-state index contributed by atoms with van der Waals surface area (Å²) >= 11 is 6.35. The molecule has 2 aliphatic rings. The largest absolute Gasteiger partial charge is 0.493 e. The number of nitrogens with zero attached hydrogens (tertiary/aromatic N) is 2. The molecule has 2 saturated heterocycles. The van der Waals surface area contributed by atoms with Crippen molar-refractivity contribution in [2.24, 2.45) is 5.41 Å². The van der Waals surface area contributed by atoms with Crippen molar-refractivity contribution in [3.63, 3.8) is 0 Å². The molecule has 7 heteroatoms. The smallest absolute Gasteiger partial charge is 0.253 e. The fourth-order valence-corrected chi connectivity index (χ4v) is 5.54. The van der Waals surface area contributed by atoms with E-state index >= 15 is 0 Å². The molecular formula is C29H37ClN2O4. The fourth-order valence-electron chi connectivity index (χ4n) is 5.43. The lowest BCUT2D eigenvalue weighted by atomic mass is 9.77. The van der Waals surface area contributed by atoms with Crippen LogP contribution >= 0.6 is 11.6 Å². The number of halogens is 1. The van der Waals surface area contributed by atoms with Crippen molar-refractivity contribution in [1.82, 2.24) is 9.80 Å². The normalized spacial score (nSPS) is 20.9. The highest BCUT2D eigenvalue weighted by atomic mass is 35.5. The average molecular weight is 513 g/mol. The highest BCUT2D eigenvalue weighted by Crippen LogP contribution is 2.37. The van der Waals surface area contributed by atoms with E-state index < -0.39 is 5.41 Å². The second-order valence-corrected chi connectivity index (χ2v) is 11.0. The van der Waals surface area contributed by atoms with E-state index in [2.05, 4.69) is 0 Å². The van der Waals surface area contributed by atoms with Gasteiger partial charge in [-0.25, -0.2) is 0 Å². The molecule has 2 aromatic carbocycles. The molecule has 2 heterocycles. The van der Waals surface area contributed by atoms with Crippen LogP contribution in [-0.4, -0.2) is 65.6 Å². The summed E-state index contributed by atoms with van der Waals surface area (Å²) in [5.41, 5.74) is 3.12. The van der Waals surface area contributed by atoms with Gasteiger partial charge in [0, 0.05) is 48.6 Å². The van der Waals surface area contributed by atoms with Crippen molar-refractivity contribution in [3.8, 4) is 5.75 Å². The number of aryl methyl sites for hydroxylation is 3. The SMILES string of the molecule is Cc1cccc(C(=O)N2CCC[C@](COc3cc(C)c(Cl)c(C)c3)(CC(=O)N3CCC(O)CC3)C2)c1. The molecule has 194 valence electrons. The van der Waals surface area contributed by atoms with Crippen LogP contribution in [0.15, 0.2) is 36.4 Å². The van der Waals surface area contributed by atoms with Crippen molar-refractivity contribution in [1.29, 1.82) is 0 Å². The molecule has 0 radical (unpaired) electrons. The van der Waals surface area contributed by atoms with E-state index in [0.717, 1.165) is 40.3 Å². The quantitative estimate of drug-likeness (QED) is 0.595. The maximum Gasteiger partial charge on any atom is 0.253 e. The van der Waals surface area contributed by atoms with Crippen molar-refractivity contribution in [3.05, 3.63) is 63.7 Å². The first-order chi connectivity index (χ1) is 17.2. The Labute approximate surface area is 219 Å². The van der Waals surface area contributed by atoms with Gasteiger partial charge in [0.2, 0.25) is 5.91 Å². The number of rotatable bonds is 6. The number of amides is 2. The van der Waals surface area contributed by atoms with Crippen LogP contribution in [0.3, 0.4) is 0 Å². The zero-order chi connectivity index (χ0) is 25.9. The van der Waals surface area contributed by atoms with Gasteiger partial charge in [-0.3, -0.25) is 9.59 Å². The molecule has 0 spiro atoms. The number of carbonyl (C=O) groups excluding carboxylic acids is 2. The number of aliphatic hydroxyl groups excluding tert-OH is 1. The lowest BCUT2D eigenvalue weighted by Crippen LogP contribution is -2.51. The van der Waals surface area contributed by atoms with Crippen LogP contribution in [0.5, 0.6) is 5.75 Å². The number of aliphatic hydroxyl groups is 1. The van der Waals surface area contributed by atoms with Crippen LogP contribution in [0.4, 0.5) is 0 Å². The Morgan fingerprint density at radius 3 is 2.42 bits per heavy atom. The molecule has 6 nitrogen and oxygen atoms in total. The van der Waals surface area contributed by atoms with Gasteiger partial charge in [-0.2, -0.15) is 0 Å². The molecule has 4 rings (SSSR count). The second-order valence-electron chi connectivity index (χ2n) is 10.6. The second kappa shape index (κ2) is 11.2. The summed E-state index contributed by atoms with van der Waals surface area (Å²) in [6, 6.07) is 11.5. The summed E-state index contributed by atoms with van der Waals surface area (Å²) in [4.78, 5) is 30.5. The van der Waals surface area contributed by atoms with Crippen molar-refractivity contribution < 1.29 is 19.4 Å². The maximum absolute atomic E-state index is 13.4. The van der Waals surface area contributed by atoms with Gasteiger partial charge in [0.25, 0.3) is 5.91 Å². The number of ether oxygens (including phenoxy) is 1. The predicted octanol–water partition coefficient (Wildman–Crippen LogP) is 4.94. The van der Waals surface area contributed by atoms with Gasteiger partial charge in [0.05, 0.1) is 12.7 Å². The Morgan fingerprint density at radius 2 is 1.75 bits per heavy atom. The van der Waals surface area contributed by atoms with Crippen LogP contribution in [0.25, 0.3) is 0 Å². The maximum atomic E-state index is 13.4. The number of benzene rings is 2. The van der Waals surface area contributed by atoms with E-state index in [9.17, 15) is 14.7 Å². The van der Waals surface area contributed by atoms with Gasteiger partial charge in [0.1, 0.15) is 5.75 Å². The number of piperidine rings is 2. The third kappa shape index (κ3) is 6.22. The van der Waals surface area contributed by atoms with Crippen LogP contribution in [-0.2, 0) is 4.79 Å². The molecule has 36 heavy (non-hydrogen) atoms. The number of hydrogen-bond acceptors (Lipinski definition) is 4. The topological polar surface area (TPSA) is 70.1 Å². The Balaban J connectivity index is 1.55. The minimum absolute atomic E-state index is 0.00509. The third-order valence-electron chi connectivity index (χ3n) is 7.51. The van der Waals surface area contributed by atoms with E-state index in [1.54, 1.807) is 0 Å². The average Bonchev–Trinajstić information content (AvgIpc) is 2.86. The molecule has 0 bridgehead atoms. The molecule has 2 aliphatic heterocycles. The van der Waals surface area contributed by atoms with Crippen LogP contribution in [0.1, 0.15) is 59.2 Å². The van der Waals surface area contributed by atoms with Gasteiger partial charge in [0.15, 0.2) is 0 Å². The van der Waals surface area contributed by atoms with E-state index in [0.29, 0.717) is 57.6 Å². The summed E-state index contributed by atoms with van der Waals surface area (Å²) in [5.74, 6) is 0.790. The number of carbonyl (C=O) groups is 2. The molecule has 1 N–H and O–H groups in total. The number of likely N-dealkylation sites (tertiary alicyclic amines) is 2. The highest BCUT2D eigenvalue weighted by Gasteiger charge is 2.41. The van der Waals surface area contributed by atoms with E-state index in [4.69, 9.17) is 16.3 Å². The lowest BCUT2D eigenvalue weighted by molar-refractivity contribution is -0.137. The molecule has 0 unspecified atom stereocenters. The molecule has 2 aromatic rings. The minimum atomic E-state index is -0.494. The molecule has 0 saturated carbocycles. The van der Waals surface area contributed by atoms with Gasteiger partial charge in [-0.1, -0.05) is 29.3 Å².